The van der Waals surface area contributed by atoms with E-state index in [1.165, 1.54) is 0 Å². The molecule has 0 aromatic carbocycles. The number of sulfonamides is 1. The molecule has 3 aliphatic carbocycles. The van der Waals surface area contributed by atoms with Gasteiger partial charge in [-0.25, -0.2) is 13.1 Å². The number of rotatable bonds is 5. The predicted octanol–water partition coefficient (Wildman–Crippen LogP) is 1.05. The van der Waals surface area contributed by atoms with Crippen molar-refractivity contribution < 1.29 is 17.9 Å². The molecule has 3 fully saturated rings. The first-order chi connectivity index (χ1) is 8.88. The van der Waals surface area contributed by atoms with Gasteiger partial charge >= 0.3 is 5.97 Å². The van der Waals surface area contributed by atoms with Crippen LogP contribution in [0.2, 0.25) is 0 Å². The molecule has 6 heteroatoms. The van der Waals surface area contributed by atoms with Gasteiger partial charge in [0.15, 0.2) is 0 Å². The maximum Gasteiger partial charge on any atom is 0.309 e. The van der Waals surface area contributed by atoms with Crippen molar-refractivity contribution in [1.29, 1.82) is 0 Å². The number of fused-ring (bicyclic) bond motifs is 1. The molecule has 0 spiro atoms. The number of hydrogen-bond acceptors (Lipinski definition) is 4. The van der Waals surface area contributed by atoms with Crippen LogP contribution in [0, 0.1) is 17.3 Å². The van der Waals surface area contributed by atoms with Crippen molar-refractivity contribution in [1.82, 2.24) is 4.72 Å². The summed E-state index contributed by atoms with van der Waals surface area (Å²) in [6.07, 6.45) is 3.05. The lowest BCUT2D eigenvalue weighted by atomic mass is 9.92. The summed E-state index contributed by atoms with van der Waals surface area (Å²) >= 11 is 0. The van der Waals surface area contributed by atoms with E-state index in [0.717, 1.165) is 19.3 Å². The van der Waals surface area contributed by atoms with Crippen molar-refractivity contribution in [3.8, 4) is 0 Å². The van der Waals surface area contributed by atoms with Gasteiger partial charge in [0, 0.05) is 6.04 Å². The van der Waals surface area contributed by atoms with Gasteiger partial charge in [-0.15, -0.1) is 0 Å². The molecule has 0 aromatic heterocycles. The van der Waals surface area contributed by atoms with Crippen LogP contribution in [0.3, 0.4) is 0 Å². The quantitative estimate of drug-likeness (QED) is 0.767. The third kappa shape index (κ3) is 2.18. The molecule has 0 saturated heterocycles. The van der Waals surface area contributed by atoms with Crippen LogP contribution in [0.15, 0.2) is 0 Å². The zero-order chi connectivity index (χ0) is 13.8. The predicted molar refractivity (Wildman–Crippen MR) is 69.8 cm³/mol. The molecule has 0 aliphatic heterocycles. The smallest absolute Gasteiger partial charge is 0.309 e. The molecule has 0 unspecified atom stereocenters. The first-order valence-corrected chi connectivity index (χ1v) is 8.61. The van der Waals surface area contributed by atoms with E-state index in [0.29, 0.717) is 18.9 Å². The SMILES string of the molecule is CCOC(=O)[C@H]1C[C@@H](NS(=O)(=O)C2CC2)[C@H]2C[C@@]12C. The van der Waals surface area contributed by atoms with Crippen molar-refractivity contribution in [2.45, 2.75) is 50.8 Å². The van der Waals surface area contributed by atoms with Crippen LogP contribution >= 0.6 is 0 Å². The number of carbonyl (C=O) groups excluding carboxylic acids is 1. The average molecular weight is 287 g/mol. The highest BCUT2D eigenvalue weighted by Crippen LogP contribution is 2.66. The second-order valence-electron chi connectivity index (χ2n) is 6.33. The number of esters is 1. The Bertz CT molecular complexity index is 499. The Labute approximate surface area is 114 Å². The van der Waals surface area contributed by atoms with E-state index in [4.69, 9.17) is 4.74 Å². The molecule has 1 N–H and O–H groups in total. The Morgan fingerprint density at radius 2 is 2.11 bits per heavy atom. The third-order valence-corrected chi connectivity index (χ3v) is 6.95. The zero-order valence-corrected chi connectivity index (χ0v) is 12.2. The minimum absolute atomic E-state index is 0.0526. The fraction of sp³-hybridized carbons (Fsp3) is 0.923. The fourth-order valence-corrected chi connectivity index (χ4v) is 5.16. The summed E-state index contributed by atoms with van der Waals surface area (Å²) in [5.41, 5.74) is -0.0526. The molecule has 0 heterocycles. The fourth-order valence-electron chi connectivity index (χ4n) is 3.53. The molecule has 0 bridgehead atoms. The van der Waals surface area contributed by atoms with E-state index in [1.807, 2.05) is 0 Å². The van der Waals surface area contributed by atoms with Crippen LogP contribution in [0.5, 0.6) is 0 Å². The lowest BCUT2D eigenvalue weighted by Crippen LogP contribution is -2.38. The second-order valence-corrected chi connectivity index (χ2v) is 8.32. The van der Waals surface area contributed by atoms with Crippen LogP contribution in [0.4, 0.5) is 0 Å². The maximum atomic E-state index is 12.0. The largest absolute Gasteiger partial charge is 0.466 e. The van der Waals surface area contributed by atoms with E-state index in [-0.39, 0.29) is 28.6 Å². The average Bonchev–Trinajstić information content (AvgIpc) is 3.19. The Morgan fingerprint density at radius 1 is 1.42 bits per heavy atom. The molecular weight excluding hydrogens is 266 g/mol. The van der Waals surface area contributed by atoms with Gasteiger partial charge in [0.25, 0.3) is 0 Å². The van der Waals surface area contributed by atoms with Gasteiger partial charge in [0.2, 0.25) is 10.0 Å². The summed E-state index contributed by atoms with van der Waals surface area (Å²) in [6.45, 7) is 4.26. The minimum atomic E-state index is -3.17. The summed E-state index contributed by atoms with van der Waals surface area (Å²) in [6, 6.07) is -0.0787. The van der Waals surface area contributed by atoms with Gasteiger partial charge in [-0.2, -0.15) is 0 Å². The molecule has 3 aliphatic rings. The summed E-state index contributed by atoms with van der Waals surface area (Å²) in [7, 11) is -3.17. The summed E-state index contributed by atoms with van der Waals surface area (Å²) in [5, 5.41) is -0.195. The van der Waals surface area contributed by atoms with Crippen LogP contribution in [-0.4, -0.2) is 32.3 Å². The van der Waals surface area contributed by atoms with E-state index in [1.54, 1.807) is 6.92 Å². The number of nitrogens with one attached hydrogen (secondary N) is 1. The summed E-state index contributed by atoms with van der Waals surface area (Å²) in [5.74, 6) is -0.0135. The number of carbonyl (C=O) groups is 1. The maximum absolute atomic E-state index is 12.0. The lowest BCUT2D eigenvalue weighted by Gasteiger charge is -2.18. The van der Waals surface area contributed by atoms with Crippen molar-refractivity contribution >= 4 is 16.0 Å². The monoisotopic (exact) mass is 287 g/mol. The molecule has 0 amide bonds. The van der Waals surface area contributed by atoms with E-state index >= 15 is 0 Å². The van der Waals surface area contributed by atoms with Gasteiger partial charge in [0.1, 0.15) is 0 Å². The van der Waals surface area contributed by atoms with Gasteiger partial charge in [-0.1, -0.05) is 6.92 Å². The van der Waals surface area contributed by atoms with Crippen molar-refractivity contribution in [2.75, 3.05) is 6.61 Å². The van der Waals surface area contributed by atoms with E-state index in [2.05, 4.69) is 11.6 Å². The van der Waals surface area contributed by atoms with Crippen molar-refractivity contribution in [3.05, 3.63) is 0 Å². The Morgan fingerprint density at radius 3 is 2.68 bits per heavy atom. The molecule has 3 rings (SSSR count). The molecular formula is C13H21NO4S. The van der Waals surface area contributed by atoms with Gasteiger partial charge in [-0.3, -0.25) is 4.79 Å². The van der Waals surface area contributed by atoms with E-state index < -0.39 is 10.0 Å². The van der Waals surface area contributed by atoms with Crippen LogP contribution < -0.4 is 4.72 Å². The molecule has 0 radical (unpaired) electrons. The normalized spacial score (nSPS) is 40.8. The van der Waals surface area contributed by atoms with Crippen molar-refractivity contribution in [2.24, 2.45) is 17.3 Å². The molecule has 5 nitrogen and oxygen atoms in total. The highest BCUT2D eigenvalue weighted by molar-refractivity contribution is 7.90. The van der Waals surface area contributed by atoms with Crippen molar-refractivity contribution in [3.63, 3.8) is 0 Å². The van der Waals surface area contributed by atoms with Crippen LogP contribution in [-0.2, 0) is 19.6 Å². The van der Waals surface area contributed by atoms with Gasteiger partial charge < -0.3 is 4.74 Å². The molecule has 0 aromatic rings. The molecule has 4 atom stereocenters. The highest BCUT2D eigenvalue weighted by atomic mass is 32.2. The minimum Gasteiger partial charge on any atom is -0.466 e. The zero-order valence-electron chi connectivity index (χ0n) is 11.4. The van der Waals surface area contributed by atoms with E-state index in [9.17, 15) is 13.2 Å². The Hall–Kier alpha value is -0.620. The standard InChI is InChI=1S/C13H21NO4S/c1-3-18-12(15)9-6-11(10-7-13(9,10)2)14-19(16,17)8-4-5-8/h8-11,14H,3-7H2,1-2H3/t9-,10-,11-,13+/m1/s1. The van der Waals surface area contributed by atoms with Crippen LogP contribution in [0.25, 0.3) is 0 Å². The summed E-state index contributed by atoms with van der Waals surface area (Å²) < 4.78 is 31.9. The Balaban J connectivity index is 1.69. The molecule has 19 heavy (non-hydrogen) atoms. The highest BCUT2D eigenvalue weighted by Gasteiger charge is 2.67. The molecule has 108 valence electrons. The second kappa shape index (κ2) is 4.19. The number of ether oxygens (including phenoxy) is 1. The van der Waals surface area contributed by atoms with Gasteiger partial charge in [-0.05, 0) is 43.9 Å². The lowest BCUT2D eigenvalue weighted by molar-refractivity contribution is -0.150. The topological polar surface area (TPSA) is 72.5 Å². The first kappa shape index (κ1) is 13.4. The van der Waals surface area contributed by atoms with Crippen LogP contribution in [0.1, 0.15) is 39.5 Å². The molecule has 3 saturated carbocycles. The van der Waals surface area contributed by atoms with Gasteiger partial charge in [0.05, 0.1) is 17.8 Å². The first-order valence-electron chi connectivity index (χ1n) is 7.06. The third-order valence-electron chi connectivity index (χ3n) is 4.97. The number of hydrogen-bond donors (Lipinski definition) is 1. The summed E-state index contributed by atoms with van der Waals surface area (Å²) in [4.78, 5) is 11.9. The Kier molecular flexibility index (Phi) is 2.94.